The first kappa shape index (κ1) is 8.83. The molecule has 0 saturated carbocycles. The fraction of sp³-hybridized carbons (Fsp3) is 0.400. The Morgan fingerprint density at radius 2 is 1.45 bits per heavy atom. The Morgan fingerprint density at radius 3 is 2.00 bits per heavy atom. The zero-order valence-corrected chi connectivity index (χ0v) is 9.40. The van der Waals surface area contributed by atoms with Crippen LogP contribution in [0.4, 0.5) is 0 Å². The summed E-state index contributed by atoms with van der Waals surface area (Å²) in [7, 11) is 0. The molecule has 0 aliphatic carbocycles. The molecule has 1 aromatic rings. The van der Waals surface area contributed by atoms with Crippen LogP contribution in [0.15, 0.2) is 6.07 Å². The summed E-state index contributed by atoms with van der Waals surface area (Å²) in [6.45, 7) is 8.72. The zero-order valence-electron chi connectivity index (χ0n) is 7.52. The fourth-order valence-corrected chi connectivity index (χ4v) is 1.95. The Bertz CT molecular complexity index is 261. The van der Waals surface area contributed by atoms with E-state index in [1.807, 2.05) is 0 Å². The summed E-state index contributed by atoms with van der Waals surface area (Å²) < 4.78 is 1.35. The van der Waals surface area contributed by atoms with Crippen LogP contribution in [0, 0.1) is 27.7 Å². The van der Waals surface area contributed by atoms with Gasteiger partial charge < -0.3 is 0 Å². The number of benzene rings is 1. The molecule has 0 spiro atoms. The average molecular weight is 213 g/mol. The molecule has 0 heterocycles. The van der Waals surface area contributed by atoms with Gasteiger partial charge in [0.2, 0.25) is 0 Å². The molecule has 60 valence electrons. The van der Waals surface area contributed by atoms with E-state index >= 15 is 0 Å². The van der Waals surface area contributed by atoms with Crippen molar-refractivity contribution in [3.05, 3.63) is 28.3 Å². The van der Waals surface area contributed by atoms with E-state index in [4.69, 9.17) is 0 Å². The van der Waals surface area contributed by atoms with Gasteiger partial charge in [-0.2, -0.15) is 0 Å². The van der Waals surface area contributed by atoms with Gasteiger partial charge in [0.05, 0.1) is 0 Å². The second-order valence-corrected chi connectivity index (χ2v) is 4.10. The molecular formula is C10H14Se. The second-order valence-electron chi connectivity index (χ2n) is 3.09. The van der Waals surface area contributed by atoms with E-state index in [0.29, 0.717) is 0 Å². The average Bonchev–Trinajstić information content (AvgIpc) is 1.97. The van der Waals surface area contributed by atoms with Crippen LogP contribution in [0.5, 0.6) is 0 Å². The second kappa shape index (κ2) is 3.00. The number of hydrogen-bond acceptors (Lipinski definition) is 0. The normalized spacial score (nSPS) is 10.3. The minimum atomic E-state index is 1.35. The Hall–Kier alpha value is -0.261. The molecule has 0 aromatic heterocycles. The van der Waals surface area contributed by atoms with Crippen molar-refractivity contribution in [2.75, 3.05) is 0 Å². The van der Waals surface area contributed by atoms with Gasteiger partial charge in [-0.05, 0) is 0 Å². The number of rotatable bonds is 0. The third-order valence-corrected chi connectivity index (χ3v) is 3.43. The Labute approximate surface area is 76.8 Å². The van der Waals surface area contributed by atoms with Crippen LogP contribution in [0.25, 0.3) is 0 Å². The van der Waals surface area contributed by atoms with Gasteiger partial charge in [-0.15, -0.1) is 0 Å². The van der Waals surface area contributed by atoms with Gasteiger partial charge in [0.1, 0.15) is 0 Å². The molecule has 0 aliphatic rings. The molecule has 0 bridgehead atoms. The first-order chi connectivity index (χ1) is 5.04. The van der Waals surface area contributed by atoms with Crippen molar-refractivity contribution in [3.63, 3.8) is 0 Å². The van der Waals surface area contributed by atoms with Crippen molar-refractivity contribution in [3.8, 4) is 0 Å². The van der Waals surface area contributed by atoms with Gasteiger partial charge in [0, 0.05) is 0 Å². The zero-order chi connectivity index (χ0) is 8.59. The molecule has 0 radical (unpaired) electrons. The molecule has 11 heavy (non-hydrogen) atoms. The van der Waals surface area contributed by atoms with E-state index in [-0.39, 0.29) is 0 Å². The summed E-state index contributed by atoms with van der Waals surface area (Å²) in [6.07, 6.45) is 0. The van der Waals surface area contributed by atoms with Crippen molar-refractivity contribution >= 4 is 20.5 Å². The summed E-state index contributed by atoms with van der Waals surface area (Å²) >= 11 is 2.63. The molecule has 0 atom stereocenters. The quantitative estimate of drug-likeness (QED) is 0.572. The van der Waals surface area contributed by atoms with Gasteiger partial charge in [-0.1, -0.05) is 0 Å². The van der Waals surface area contributed by atoms with E-state index in [9.17, 15) is 0 Å². The summed E-state index contributed by atoms with van der Waals surface area (Å²) in [6, 6.07) is 2.23. The third-order valence-electron chi connectivity index (χ3n) is 2.45. The van der Waals surface area contributed by atoms with Gasteiger partial charge in [-0.3, -0.25) is 0 Å². The first-order valence-electron chi connectivity index (χ1n) is 3.80. The molecule has 0 amide bonds. The summed E-state index contributed by atoms with van der Waals surface area (Å²) in [5, 5.41) is 0. The number of aryl methyl sites for hydroxylation is 1. The standard InChI is InChI=1S/C10H14Se/c1-6-5-10(11)9(4)8(3)7(6)2/h5,11H,1-4H3. The van der Waals surface area contributed by atoms with Crippen LogP contribution < -0.4 is 4.46 Å². The topological polar surface area (TPSA) is 0 Å². The van der Waals surface area contributed by atoms with Gasteiger partial charge in [-0.25, -0.2) is 0 Å². The van der Waals surface area contributed by atoms with Crippen LogP contribution >= 0.6 is 0 Å². The molecule has 0 fully saturated rings. The molecule has 1 rings (SSSR count). The van der Waals surface area contributed by atoms with Gasteiger partial charge in [0.25, 0.3) is 0 Å². The molecule has 0 N–H and O–H groups in total. The van der Waals surface area contributed by atoms with Crippen LogP contribution in [0.1, 0.15) is 22.3 Å². The minimum absolute atomic E-state index is 1.35. The first-order valence-corrected chi connectivity index (χ1v) is 4.74. The Kier molecular flexibility index (Phi) is 2.41. The predicted molar refractivity (Wildman–Crippen MR) is 52.2 cm³/mol. The summed E-state index contributed by atoms with van der Waals surface area (Å²) in [5.41, 5.74) is 5.66. The van der Waals surface area contributed by atoms with E-state index in [0.717, 1.165) is 0 Å². The number of hydrogen-bond donors (Lipinski definition) is 0. The summed E-state index contributed by atoms with van der Waals surface area (Å²) in [5.74, 6) is 0. The molecule has 0 nitrogen and oxygen atoms in total. The predicted octanol–water partition coefficient (Wildman–Crippen LogP) is 1.45. The summed E-state index contributed by atoms with van der Waals surface area (Å²) in [4.78, 5) is 0. The van der Waals surface area contributed by atoms with Crippen LogP contribution in [0.3, 0.4) is 0 Å². The Balaban J connectivity index is 3.46. The van der Waals surface area contributed by atoms with Crippen molar-refractivity contribution in [1.29, 1.82) is 0 Å². The molecular weight excluding hydrogens is 199 g/mol. The van der Waals surface area contributed by atoms with Gasteiger partial charge in [0.15, 0.2) is 0 Å². The molecule has 0 saturated heterocycles. The molecule has 0 unspecified atom stereocenters. The molecule has 1 aromatic carbocycles. The van der Waals surface area contributed by atoms with Crippen LogP contribution in [-0.2, 0) is 0 Å². The monoisotopic (exact) mass is 214 g/mol. The maximum absolute atomic E-state index is 2.63. The van der Waals surface area contributed by atoms with Crippen molar-refractivity contribution < 1.29 is 0 Å². The van der Waals surface area contributed by atoms with Gasteiger partial charge >= 0.3 is 76.5 Å². The van der Waals surface area contributed by atoms with Crippen LogP contribution in [-0.4, -0.2) is 16.0 Å². The van der Waals surface area contributed by atoms with E-state index in [2.05, 4.69) is 49.8 Å². The van der Waals surface area contributed by atoms with E-state index < -0.39 is 0 Å². The van der Waals surface area contributed by atoms with Crippen molar-refractivity contribution in [1.82, 2.24) is 0 Å². The maximum atomic E-state index is 2.63. The molecule has 0 aliphatic heterocycles. The third kappa shape index (κ3) is 1.50. The van der Waals surface area contributed by atoms with E-state index in [1.165, 1.54) is 26.7 Å². The Morgan fingerprint density at radius 1 is 0.909 bits per heavy atom. The van der Waals surface area contributed by atoms with Crippen molar-refractivity contribution in [2.45, 2.75) is 27.7 Å². The van der Waals surface area contributed by atoms with Crippen molar-refractivity contribution in [2.24, 2.45) is 0 Å². The fourth-order valence-electron chi connectivity index (χ4n) is 1.19. The van der Waals surface area contributed by atoms with E-state index in [1.54, 1.807) is 0 Å². The molecule has 1 heteroatoms. The van der Waals surface area contributed by atoms with Crippen LogP contribution in [0.2, 0.25) is 0 Å². The SMILES string of the molecule is Cc1cc([SeH])c(C)c(C)c1C.